The van der Waals surface area contributed by atoms with Crippen LogP contribution in [0.15, 0.2) is 23.8 Å². The molecule has 0 amide bonds. The predicted octanol–water partition coefficient (Wildman–Crippen LogP) is 5.98. The van der Waals surface area contributed by atoms with Crippen LogP contribution in [-0.2, 0) is 0 Å². The van der Waals surface area contributed by atoms with E-state index in [9.17, 15) is 0 Å². The van der Waals surface area contributed by atoms with Gasteiger partial charge in [-0.05, 0) is 33.6 Å². The lowest BCUT2D eigenvalue weighted by Crippen LogP contribution is -1.85. The van der Waals surface area contributed by atoms with Gasteiger partial charge in [0.1, 0.15) is 0 Å². The van der Waals surface area contributed by atoms with Gasteiger partial charge < -0.3 is 0 Å². The molecule has 0 spiro atoms. The molecule has 0 radical (unpaired) electrons. The van der Waals surface area contributed by atoms with Crippen molar-refractivity contribution >= 4 is 15.9 Å². The molecule has 92 valence electrons. The summed E-state index contributed by atoms with van der Waals surface area (Å²) in [4.78, 5) is 0.530. The van der Waals surface area contributed by atoms with Crippen molar-refractivity contribution in [1.82, 2.24) is 0 Å². The molecule has 1 atom stereocenters. The van der Waals surface area contributed by atoms with E-state index in [2.05, 4.69) is 62.7 Å². The minimum Gasteiger partial charge on any atom is -0.0906 e. The minimum atomic E-state index is 0.530. The SMILES string of the molecule is C/C=C(\C)C(C)C.C/C=C\C(C)Br.CC. The molecule has 0 heterocycles. The van der Waals surface area contributed by atoms with E-state index >= 15 is 0 Å². The van der Waals surface area contributed by atoms with Gasteiger partial charge in [0.25, 0.3) is 0 Å². The van der Waals surface area contributed by atoms with E-state index in [4.69, 9.17) is 0 Å². The third-order valence-electron chi connectivity index (χ3n) is 1.82. The van der Waals surface area contributed by atoms with Gasteiger partial charge in [0.05, 0.1) is 0 Å². The van der Waals surface area contributed by atoms with Crippen LogP contribution < -0.4 is 0 Å². The van der Waals surface area contributed by atoms with Gasteiger partial charge in [0.15, 0.2) is 0 Å². The summed E-state index contributed by atoms with van der Waals surface area (Å²) in [6.45, 7) is 16.7. The molecule has 0 N–H and O–H groups in total. The van der Waals surface area contributed by atoms with Crippen LogP contribution >= 0.6 is 15.9 Å². The fourth-order valence-electron chi connectivity index (χ4n) is 0.599. The molecular weight excluding hydrogens is 248 g/mol. The van der Waals surface area contributed by atoms with E-state index in [0.717, 1.165) is 5.92 Å². The number of hydrogen-bond donors (Lipinski definition) is 0. The maximum absolute atomic E-state index is 3.35. The largest absolute Gasteiger partial charge is 0.0906 e. The molecule has 0 aromatic rings. The smallest absolute Gasteiger partial charge is 0.0296 e. The van der Waals surface area contributed by atoms with Gasteiger partial charge in [-0.2, -0.15) is 0 Å². The molecule has 0 aliphatic heterocycles. The molecular formula is C14H29Br. The van der Waals surface area contributed by atoms with Crippen LogP contribution in [0.1, 0.15) is 55.4 Å². The van der Waals surface area contributed by atoms with Crippen molar-refractivity contribution in [1.29, 1.82) is 0 Å². The highest BCUT2D eigenvalue weighted by Crippen LogP contribution is 2.05. The summed E-state index contributed by atoms with van der Waals surface area (Å²) in [7, 11) is 0. The maximum Gasteiger partial charge on any atom is 0.0296 e. The Morgan fingerprint density at radius 2 is 1.47 bits per heavy atom. The van der Waals surface area contributed by atoms with E-state index in [0.29, 0.717) is 4.83 Å². The summed E-state index contributed by atoms with van der Waals surface area (Å²) < 4.78 is 0. The van der Waals surface area contributed by atoms with Crippen LogP contribution in [0.25, 0.3) is 0 Å². The van der Waals surface area contributed by atoms with Gasteiger partial charge in [-0.25, -0.2) is 0 Å². The van der Waals surface area contributed by atoms with Gasteiger partial charge in [-0.1, -0.05) is 67.4 Å². The lowest BCUT2D eigenvalue weighted by Gasteiger charge is -2.00. The highest BCUT2D eigenvalue weighted by Gasteiger charge is 1.90. The van der Waals surface area contributed by atoms with Crippen molar-refractivity contribution in [3.05, 3.63) is 23.8 Å². The number of rotatable bonds is 2. The Bertz CT molecular complexity index is 153. The number of hydrogen-bond acceptors (Lipinski definition) is 0. The molecule has 0 aliphatic rings. The molecule has 0 aromatic carbocycles. The molecule has 1 unspecified atom stereocenters. The van der Waals surface area contributed by atoms with E-state index in [1.54, 1.807) is 0 Å². The monoisotopic (exact) mass is 276 g/mol. The van der Waals surface area contributed by atoms with Crippen LogP contribution in [0.5, 0.6) is 0 Å². The molecule has 0 fully saturated rings. The molecule has 15 heavy (non-hydrogen) atoms. The van der Waals surface area contributed by atoms with E-state index < -0.39 is 0 Å². The second-order valence-electron chi connectivity index (χ2n) is 3.39. The first kappa shape index (κ1) is 20.4. The first-order valence-corrected chi connectivity index (χ1v) is 6.76. The molecule has 0 nitrogen and oxygen atoms in total. The molecule has 0 bridgehead atoms. The standard InChI is InChI=1S/C7H14.C5H9Br.C2H6/c1-5-7(4)6(2)3;1-3-4-5(2)6;1-2/h5-6H,1-4H3;3-5H,1-2H3;1-2H3/b7-5+;4-3-;. The van der Waals surface area contributed by atoms with Crippen LogP contribution in [0.2, 0.25) is 0 Å². The zero-order chi connectivity index (χ0) is 12.9. The lowest BCUT2D eigenvalue weighted by molar-refractivity contribution is 0.767. The van der Waals surface area contributed by atoms with Crippen LogP contribution in [0.4, 0.5) is 0 Å². The van der Waals surface area contributed by atoms with Crippen molar-refractivity contribution < 1.29 is 0 Å². The highest BCUT2D eigenvalue weighted by atomic mass is 79.9. The van der Waals surface area contributed by atoms with Gasteiger partial charge in [0.2, 0.25) is 0 Å². The average molecular weight is 277 g/mol. The van der Waals surface area contributed by atoms with Crippen LogP contribution in [-0.4, -0.2) is 4.83 Å². The first-order chi connectivity index (χ1) is 6.95. The Labute approximate surface area is 106 Å². The zero-order valence-corrected chi connectivity index (χ0v) is 13.4. The van der Waals surface area contributed by atoms with Gasteiger partial charge in [0, 0.05) is 4.83 Å². The summed E-state index contributed by atoms with van der Waals surface area (Å²) in [6, 6.07) is 0. The van der Waals surface area contributed by atoms with E-state index in [-0.39, 0.29) is 0 Å². The Morgan fingerprint density at radius 1 is 1.07 bits per heavy atom. The number of alkyl halides is 1. The van der Waals surface area contributed by atoms with Crippen molar-refractivity contribution in [3.8, 4) is 0 Å². The Morgan fingerprint density at radius 3 is 1.47 bits per heavy atom. The fraction of sp³-hybridized carbons (Fsp3) is 0.714. The second-order valence-corrected chi connectivity index (χ2v) is 4.84. The topological polar surface area (TPSA) is 0 Å². The summed E-state index contributed by atoms with van der Waals surface area (Å²) in [6.07, 6.45) is 6.27. The van der Waals surface area contributed by atoms with E-state index in [1.165, 1.54) is 5.57 Å². The first-order valence-electron chi connectivity index (χ1n) is 5.85. The quantitative estimate of drug-likeness (QED) is 0.430. The van der Waals surface area contributed by atoms with Gasteiger partial charge >= 0.3 is 0 Å². The second kappa shape index (κ2) is 16.4. The Balaban J connectivity index is -0.000000166. The zero-order valence-electron chi connectivity index (χ0n) is 11.8. The maximum atomic E-state index is 3.35. The van der Waals surface area contributed by atoms with E-state index in [1.807, 2.05) is 26.8 Å². The Kier molecular flexibility index (Phi) is 22.3. The molecule has 1 heteroatoms. The fourth-order valence-corrected chi connectivity index (χ4v) is 0.904. The third-order valence-corrected chi connectivity index (χ3v) is 2.13. The summed E-state index contributed by atoms with van der Waals surface area (Å²) in [5, 5.41) is 0. The summed E-state index contributed by atoms with van der Waals surface area (Å²) in [5.41, 5.74) is 1.47. The average Bonchev–Trinajstić information content (AvgIpc) is 2.20. The van der Waals surface area contributed by atoms with Crippen LogP contribution in [0.3, 0.4) is 0 Å². The van der Waals surface area contributed by atoms with Crippen molar-refractivity contribution in [2.75, 3.05) is 0 Å². The molecule has 0 saturated heterocycles. The molecule has 0 aromatic heterocycles. The predicted molar refractivity (Wildman–Crippen MR) is 78.8 cm³/mol. The third kappa shape index (κ3) is 24.9. The molecule has 0 saturated carbocycles. The Hall–Kier alpha value is -0.0400. The molecule has 0 aliphatic carbocycles. The highest BCUT2D eigenvalue weighted by molar-refractivity contribution is 9.09. The summed E-state index contributed by atoms with van der Waals surface area (Å²) in [5.74, 6) is 0.727. The van der Waals surface area contributed by atoms with Crippen molar-refractivity contribution in [2.45, 2.75) is 60.2 Å². The van der Waals surface area contributed by atoms with Crippen molar-refractivity contribution in [2.24, 2.45) is 5.92 Å². The minimum absolute atomic E-state index is 0.530. The van der Waals surface area contributed by atoms with Crippen molar-refractivity contribution in [3.63, 3.8) is 0 Å². The van der Waals surface area contributed by atoms with Crippen LogP contribution in [0, 0.1) is 5.92 Å². The van der Waals surface area contributed by atoms with Gasteiger partial charge in [-0.15, -0.1) is 0 Å². The lowest BCUT2D eigenvalue weighted by atomic mass is 10.1. The normalized spacial score (nSPS) is 12.8. The summed E-state index contributed by atoms with van der Waals surface area (Å²) >= 11 is 3.35. The number of halogens is 1. The van der Waals surface area contributed by atoms with Gasteiger partial charge in [-0.3, -0.25) is 0 Å². The molecule has 0 rings (SSSR count). The number of allylic oxidation sites excluding steroid dienone is 4.